The van der Waals surface area contributed by atoms with Crippen LogP contribution in [-0.4, -0.2) is 26.1 Å². The first-order valence-corrected chi connectivity index (χ1v) is 2.65. The van der Waals surface area contributed by atoms with E-state index in [1.807, 2.05) is 0 Å². The molecule has 0 fully saturated rings. The maximum absolute atomic E-state index is 9.65. The molecule has 52 valence electrons. The second-order valence-corrected chi connectivity index (χ2v) is 1.28. The summed E-state index contributed by atoms with van der Waals surface area (Å²) < 4.78 is 9.45. The predicted molar refractivity (Wildman–Crippen MR) is 33.0 cm³/mol. The SMILES string of the molecule is C=COCCOCC=O. The second-order valence-electron chi connectivity index (χ2n) is 1.28. The molecule has 0 atom stereocenters. The highest BCUT2D eigenvalue weighted by atomic mass is 16.5. The average molecular weight is 130 g/mol. The van der Waals surface area contributed by atoms with Gasteiger partial charge < -0.3 is 14.3 Å². The summed E-state index contributed by atoms with van der Waals surface area (Å²) in [5.41, 5.74) is 0. The number of hydrogen-bond donors (Lipinski definition) is 0. The van der Waals surface area contributed by atoms with Gasteiger partial charge in [-0.3, -0.25) is 0 Å². The Bertz CT molecular complexity index is 70.4. The standard InChI is InChI=1S/C6H10O3/c1-2-8-5-6-9-4-3-7/h2-3H,1,4-6H2. The Morgan fingerprint density at radius 3 is 2.78 bits per heavy atom. The Morgan fingerprint density at radius 1 is 1.44 bits per heavy atom. The van der Waals surface area contributed by atoms with Gasteiger partial charge in [0.05, 0.1) is 12.9 Å². The molecule has 0 unspecified atom stereocenters. The number of aldehydes is 1. The van der Waals surface area contributed by atoms with Gasteiger partial charge in [-0.1, -0.05) is 6.58 Å². The molecule has 0 aromatic rings. The first-order chi connectivity index (χ1) is 4.41. The minimum absolute atomic E-state index is 0.139. The van der Waals surface area contributed by atoms with E-state index in [1.165, 1.54) is 6.26 Å². The molecule has 0 heterocycles. The first-order valence-electron chi connectivity index (χ1n) is 2.65. The van der Waals surface area contributed by atoms with Crippen LogP contribution in [0.3, 0.4) is 0 Å². The highest BCUT2D eigenvalue weighted by Gasteiger charge is 1.82. The topological polar surface area (TPSA) is 35.5 Å². The lowest BCUT2D eigenvalue weighted by molar-refractivity contribution is -0.112. The third-order valence-corrected chi connectivity index (χ3v) is 0.649. The van der Waals surface area contributed by atoms with Crippen molar-refractivity contribution in [2.45, 2.75) is 0 Å². The van der Waals surface area contributed by atoms with Crippen molar-refractivity contribution in [3.05, 3.63) is 12.8 Å². The fourth-order valence-corrected chi connectivity index (χ4v) is 0.322. The summed E-state index contributed by atoms with van der Waals surface area (Å²) in [6, 6.07) is 0. The molecule has 0 aliphatic rings. The number of ether oxygens (including phenoxy) is 2. The van der Waals surface area contributed by atoms with Crippen molar-refractivity contribution in [2.24, 2.45) is 0 Å². The van der Waals surface area contributed by atoms with Gasteiger partial charge in [0.25, 0.3) is 0 Å². The minimum atomic E-state index is 0.139. The van der Waals surface area contributed by atoms with Crippen molar-refractivity contribution >= 4 is 6.29 Å². The zero-order valence-corrected chi connectivity index (χ0v) is 5.21. The van der Waals surface area contributed by atoms with Crippen molar-refractivity contribution in [3.8, 4) is 0 Å². The van der Waals surface area contributed by atoms with Gasteiger partial charge in [-0.2, -0.15) is 0 Å². The zero-order valence-electron chi connectivity index (χ0n) is 5.21. The summed E-state index contributed by atoms with van der Waals surface area (Å²) in [4.78, 5) is 9.65. The largest absolute Gasteiger partial charge is 0.499 e. The molecule has 9 heavy (non-hydrogen) atoms. The maximum atomic E-state index is 9.65. The minimum Gasteiger partial charge on any atom is -0.499 e. The average Bonchev–Trinajstić information content (AvgIpc) is 1.89. The van der Waals surface area contributed by atoms with E-state index in [0.717, 1.165) is 0 Å². The molecule has 0 saturated heterocycles. The molecule has 0 aliphatic carbocycles. The van der Waals surface area contributed by atoms with Gasteiger partial charge in [0.2, 0.25) is 0 Å². The van der Waals surface area contributed by atoms with E-state index in [-0.39, 0.29) is 6.61 Å². The van der Waals surface area contributed by atoms with Crippen LogP contribution in [0, 0.1) is 0 Å². The second kappa shape index (κ2) is 7.17. The van der Waals surface area contributed by atoms with Crippen LogP contribution >= 0.6 is 0 Å². The molecule has 0 aliphatic heterocycles. The molecule has 0 N–H and O–H groups in total. The number of rotatable bonds is 6. The van der Waals surface area contributed by atoms with Crippen molar-refractivity contribution in [1.29, 1.82) is 0 Å². The van der Waals surface area contributed by atoms with Crippen molar-refractivity contribution < 1.29 is 14.3 Å². The highest BCUT2D eigenvalue weighted by Crippen LogP contribution is 1.75. The Kier molecular flexibility index (Phi) is 6.51. The predicted octanol–water partition coefficient (Wildman–Crippen LogP) is 0.362. The summed E-state index contributed by atoms with van der Waals surface area (Å²) in [5, 5.41) is 0. The molecular weight excluding hydrogens is 120 g/mol. The van der Waals surface area contributed by atoms with Crippen LogP contribution in [0.2, 0.25) is 0 Å². The number of hydrogen-bond acceptors (Lipinski definition) is 3. The van der Waals surface area contributed by atoms with E-state index in [1.54, 1.807) is 0 Å². The normalized spacial score (nSPS) is 8.44. The van der Waals surface area contributed by atoms with Gasteiger partial charge in [0.15, 0.2) is 0 Å². The van der Waals surface area contributed by atoms with E-state index in [0.29, 0.717) is 19.5 Å². The van der Waals surface area contributed by atoms with Crippen molar-refractivity contribution in [3.63, 3.8) is 0 Å². The smallest absolute Gasteiger partial charge is 0.145 e. The van der Waals surface area contributed by atoms with Gasteiger partial charge in [-0.15, -0.1) is 0 Å². The van der Waals surface area contributed by atoms with Crippen LogP contribution in [0.5, 0.6) is 0 Å². The molecule has 0 aromatic heterocycles. The third-order valence-electron chi connectivity index (χ3n) is 0.649. The highest BCUT2D eigenvalue weighted by molar-refractivity contribution is 5.50. The third kappa shape index (κ3) is 7.17. The quantitative estimate of drug-likeness (QED) is 0.296. The van der Waals surface area contributed by atoms with Crippen LogP contribution in [0.4, 0.5) is 0 Å². The number of carbonyl (C=O) groups excluding carboxylic acids is 1. The lowest BCUT2D eigenvalue weighted by Gasteiger charge is -1.97. The van der Waals surface area contributed by atoms with Gasteiger partial charge in [-0.25, -0.2) is 0 Å². The lowest BCUT2D eigenvalue weighted by atomic mass is 10.7. The number of carbonyl (C=O) groups is 1. The van der Waals surface area contributed by atoms with Gasteiger partial charge in [-0.05, 0) is 0 Å². The van der Waals surface area contributed by atoms with Gasteiger partial charge >= 0.3 is 0 Å². The van der Waals surface area contributed by atoms with Crippen LogP contribution in [0.25, 0.3) is 0 Å². The summed E-state index contributed by atoms with van der Waals surface area (Å²) in [5.74, 6) is 0. The summed E-state index contributed by atoms with van der Waals surface area (Å²) in [7, 11) is 0. The molecule has 0 radical (unpaired) electrons. The van der Waals surface area contributed by atoms with Crippen LogP contribution in [0.1, 0.15) is 0 Å². The van der Waals surface area contributed by atoms with Crippen molar-refractivity contribution in [2.75, 3.05) is 19.8 Å². The Balaban J connectivity index is 2.74. The van der Waals surface area contributed by atoms with Gasteiger partial charge in [0, 0.05) is 0 Å². The maximum Gasteiger partial charge on any atom is 0.145 e. The van der Waals surface area contributed by atoms with Crippen molar-refractivity contribution in [1.82, 2.24) is 0 Å². The van der Waals surface area contributed by atoms with E-state index >= 15 is 0 Å². The summed E-state index contributed by atoms with van der Waals surface area (Å²) in [6.07, 6.45) is 2.04. The van der Waals surface area contributed by atoms with E-state index < -0.39 is 0 Å². The van der Waals surface area contributed by atoms with E-state index in [2.05, 4.69) is 6.58 Å². The molecular formula is C6H10O3. The Hall–Kier alpha value is -0.830. The molecule has 0 amide bonds. The van der Waals surface area contributed by atoms with Gasteiger partial charge in [0.1, 0.15) is 19.5 Å². The molecule has 0 aromatic carbocycles. The fourth-order valence-electron chi connectivity index (χ4n) is 0.322. The molecule has 0 saturated carbocycles. The lowest BCUT2D eigenvalue weighted by Crippen LogP contribution is -2.02. The van der Waals surface area contributed by atoms with Crippen LogP contribution in [0.15, 0.2) is 12.8 Å². The molecule has 3 nitrogen and oxygen atoms in total. The van der Waals surface area contributed by atoms with E-state index in [9.17, 15) is 4.79 Å². The Labute approximate surface area is 54.3 Å². The molecule has 0 spiro atoms. The Morgan fingerprint density at radius 2 is 2.22 bits per heavy atom. The summed E-state index contributed by atoms with van der Waals surface area (Å²) >= 11 is 0. The summed E-state index contributed by atoms with van der Waals surface area (Å²) in [6.45, 7) is 4.36. The van der Waals surface area contributed by atoms with Crippen LogP contribution in [-0.2, 0) is 14.3 Å². The first kappa shape index (κ1) is 8.17. The monoisotopic (exact) mass is 130 g/mol. The molecule has 0 rings (SSSR count). The van der Waals surface area contributed by atoms with E-state index in [4.69, 9.17) is 9.47 Å². The molecule has 0 bridgehead atoms. The fraction of sp³-hybridized carbons (Fsp3) is 0.500. The molecule has 3 heteroatoms. The zero-order chi connectivity index (χ0) is 6.95. The van der Waals surface area contributed by atoms with Crippen LogP contribution < -0.4 is 0 Å².